The monoisotopic (exact) mass is 439 g/mol. The van der Waals surface area contributed by atoms with Gasteiger partial charge in [-0.25, -0.2) is 4.68 Å². The molecular weight excluding hydrogens is 423 g/mol. The van der Waals surface area contributed by atoms with E-state index in [-0.39, 0.29) is 18.7 Å². The number of anilines is 1. The van der Waals surface area contributed by atoms with E-state index in [0.29, 0.717) is 11.3 Å². The van der Waals surface area contributed by atoms with E-state index >= 15 is 0 Å². The topological polar surface area (TPSA) is 90.3 Å². The van der Waals surface area contributed by atoms with Crippen molar-refractivity contribution in [2.45, 2.75) is 18.6 Å². The number of hydrogen-bond acceptors (Lipinski definition) is 6. The van der Waals surface area contributed by atoms with Gasteiger partial charge in [-0.3, -0.25) is 4.79 Å². The number of aromatic nitrogens is 2. The van der Waals surface area contributed by atoms with Crippen LogP contribution in [0, 0.1) is 0 Å². The van der Waals surface area contributed by atoms with E-state index in [1.54, 1.807) is 60.7 Å². The Hall–Kier alpha value is -3.34. The van der Waals surface area contributed by atoms with E-state index < -0.39 is 27.1 Å². The minimum atomic E-state index is -5.94. The van der Waals surface area contributed by atoms with Crippen LogP contribution in [0.25, 0.3) is 0 Å². The molecule has 0 saturated carbocycles. The first-order valence-electron chi connectivity index (χ1n) is 8.60. The fourth-order valence-corrected chi connectivity index (χ4v) is 2.91. The average molecular weight is 439 g/mol. The number of hydrogen-bond donors (Lipinski definition) is 1. The highest BCUT2D eigenvalue weighted by Gasteiger charge is 2.49. The predicted octanol–water partition coefficient (Wildman–Crippen LogP) is 3.13. The Kier molecular flexibility index (Phi) is 6.11. The summed E-state index contributed by atoms with van der Waals surface area (Å²) in [6, 6.07) is 18.2. The number of nitrogens with one attached hydrogen (secondary N) is 1. The summed E-state index contributed by atoms with van der Waals surface area (Å²) in [4.78, 5) is 12.7. The zero-order chi connectivity index (χ0) is 21.8. The maximum absolute atomic E-state index is 12.7. The van der Waals surface area contributed by atoms with Crippen LogP contribution in [0.2, 0.25) is 0 Å². The number of halogens is 3. The standard InChI is InChI=1S/C19H16F3N3O4S/c20-19(21,22)30(27,28)29-17-11-15(12-23-16-9-5-2-6-10-16)18(26)25(24-17)13-14-7-3-1-4-8-14/h1-11,23H,12-13H2. The van der Waals surface area contributed by atoms with Crippen LogP contribution in [0.15, 0.2) is 71.5 Å². The molecule has 0 bridgehead atoms. The molecule has 2 aromatic carbocycles. The lowest BCUT2D eigenvalue weighted by molar-refractivity contribution is -0.0501. The summed E-state index contributed by atoms with van der Waals surface area (Å²) in [5, 5.41) is 6.60. The predicted molar refractivity (Wildman–Crippen MR) is 103 cm³/mol. The third-order valence-corrected chi connectivity index (χ3v) is 4.89. The van der Waals surface area contributed by atoms with Crippen LogP contribution >= 0.6 is 0 Å². The minimum absolute atomic E-state index is 0.0165. The Morgan fingerprint density at radius 3 is 2.20 bits per heavy atom. The molecule has 0 fully saturated rings. The largest absolute Gasteiger partial charge is 0.534 e. The molecule has 7 nitrogen and oxygen atoms in total. The van der Waals surface area contributed by atoms with Gasteiger partial charge in [0.1, 0.15) is 0 Å². The summed E-state index contributed by atoms with van der Waals surface area (Å²) < 4.78 is 65.8. The van der Waals surface area contributed by atoms with Crippen molar-refractivity contribution in [3.63, 3.8) is 0 Å². The summed E-state index contributed by atoms with van der Waals surface area (Å²) in [5.74, 6) is -0.854. The van der Waals surface area contributed by atoms with Crippen molar-refractivity contribution in [3.8, 4) is 5.88 Å². The number of benzene rings is 2. The van der Waals surface area contributed by atoms with Crippen molar-refractivity contribution in [3.05, 3.63) is 88.2 Å². The van der Waals surface area contributed by atoms with Gasteiger partial charge in [-0.2, -0.15) is 21.6 Å². The average Bonchev–Trinajstić information content (AvgIpc) is 2.70. The van der Waals surface area contributed by atoms with Crippen molar-refractivity contribution in [1.82, 2.24) is 9.78 Å². The normalized spacial score (nSPS) is 11.8. The van der Waals surface area contributed by atoms with Gasteiger partial charge >= 0.3 is 15.6 Å². The minimum Gasteiger partial charge on any atom is -0.381 e. The maximum atomic E-state index is 12.7. The van der Waals surface area contributed by atoms with Gasteiger partial charge in [0.05, 0.1) is 6.54 Å². The molecule has 0 spiro atoms. The van der Waals surface area contributed by atoms with Gasteiger partial charge in [-0.1, -0.05) is 48.5 Å². The van der Waals surface area contributed by atoms with Gasteiger partial charge in [-0.15, -0.1) is 5.10 Å². The molecule has 3 rings (SSSR count). The van der Waals surface area contributed by atoms with Crippen LogP contribution in [0.5, 0.6) is 5.88 Å². The van der Waals surface area contributed by atoms with Crippen molar-refractivity contribution in [2.75, 3.05) is 5.32 Å². The number of rotatable bonds is 7. The molecule has 0 unspecified atom stereocenters. The molecule has 0 aliphatic carbocycles. The Morgan fingerprint density at radius 2 is 1.60 bits per heavy atom. The smallest absolute Gasteiger partial charge is 0.381 e. The highest BCUT2D eigenvalue weighted by Crippen LogP contribution is 2.26. The first-order valence-corrected chi connectivity index (χ1v) is 10.0. The van der Waals surface area contributed by atoms with Crippen molar-refractivity contribution in [1.29, 1.82) is 0 Å². The molecule has 158 valence electrons. The quantitative estimate of drug-likeness (QED) is 0.449. The second kappa shape index (κ2) is 8.57. The van der Waals surface area contributed by atoms with Crippen LogP contribution < -0.4 is 15.1 Å². The molecule has 11 heteroatoms. The third-order valence-electron chi connectivity index (χ3n) is 3.94. The summed E-state index contributed by atoms with van der Waals surface area (Å²) in [6.45, 7) is -0.163. The Labute approximate surface area is 169 Å². The molecule has 0 radical (unpaired) electrons. The molecule has 0 aliphatic heterocycles. The number of nitrogens with zero attached hydrogens (tertiary/aromatic N) is 2. The van der Waals surface area contributed by atoms with Gasteiger partial charge in [0.15, 0.2) is 0 Å². The van der Waals surface area contributed by atoms with Crippen LogP contribution in [0.4, 0.5) is 18.9 Å². The SMILES string of the molecule is O=c1c(CNc2ccccc2)cc(OS(=O)(=O)C(F)(F)F)nn1Cc1ccccc1. The molecule has 1 heterocycles. The molecule has 3 aromatic rings. The first-order chi connectivity index (χ1) is 14.2. The molecule has 1 N–H and O–H groups in total. The molecule has 30 heavy (non-hydrogen) atoms. The summed E-state index contributed by atoms with van der Waals surface area (Å²) in [5.41, 5.74) is -4.94. The maximum Gasteiger partial charge on any atom is 0.534 e. The molecule has 0 amide bonds. The number of para-hydroxylation sites is 1. The molecule has 0 saturated heterocycles. The lowest BCUT2D eigenvalue weighted by Crippen LogP contribution is -2.32. The lowest BCUT2D eigenvalue weighted by Gasteiger charge is -2.13. The molecule has 1 aromatic heterocycles. The van der Waals surface area contributed by atoms with Crippen LogP contribution in [0.3, 0.4) is 0 Å². The van der Waals surface area contributed by atoms with E-state index in [2.05, 4.69) is 14.6 Å². The van der Waals surface area contributed by atoms with Crippen molar-refractivity contribution in [2.24, 2.45) is 0 Å². The van der Waals surface area contributed by atoms with Crippen LogP contribution in [0.1, 0.15) is 11.1 Å². The molecule has 0 atom stereocenters. The van der Waals surface area contributed by atoms with E-state index in [1.807, 2.05) is 0 Å². The molecule has 0 aliphatic rings. The van der Waals surface area contributed by atoms with Gasteiger partial charge in [-0.05, 0) is 17.7 Å². The van der Waals surface area contributed by atoms with E-state index in [0.717, 1.165) is 10.7 Å². The van der Waals surface area contributed by atoms with Crippen molar-refractivity contribution >= 4 is 15.8 Å². The summed E-state index contributed by atoms with van der Waals surface area (Å²) in [7, 11) is -5.94. The number of alkyl halides is 3. The van der Waals surface area contributed by atoms with Gasteiger partial charge in [0, 0.05) is 23.9 Å². The lowest BCUT2D eigenvalue weighted by atomic mass is 10.2. The van der Waals surface area contributed by atoms with E-state index in [1.165, 1.54) is 0 Å². The van der Waals surface area contributed by atoms with Gasteiger partial charge in [0.25, 0.3) is 11.4 Å². The second-order valence-corrected chi connectivity index (χ2v) is 7.70. The van der Waals surface area contributed by atoms with Crippen molar-refractivity contribution < 1.29 is 25.8 Å². The van der Waals surface area contributed by atoms with Gasteiger partial charge < -0.3 is 9.50 Å². The van der Waals surface area contributed by atoms with E-state index in [9.17, 15) is 26.4 Å². The third kappa shape index (κ3) is 5.17. The van der Waals surface area contributed by atoms with Crippen LogP contribution in [-0.2, 0) is 23.2 Å². The second-order valence-electron chi connectivity index (χ2n) is 6.16. The first kappa shape index (κ1) is 21.4. The zero-order valence-corrected chi connectivity index (χ0v) is 16.2. The summed E-state index contributed by atoms with van der Waals surface area (Å²) in [6.07, 6.45) is 0. The fourth-order valence-electron chi connectivity index (χ4n) is 2.51. The van der Waals surface area contributed by atoms with Crippen LogP contribution in [-0.4, -0.2) is 23.7 Å². The Bertz CT molecular complexity index is 1170. The molecular formula is C19H16F3N3O4S. The Morgan fingerprint density at radius 1 is 1.00 bits per heavy atom. The van der Waals surface area contributed by atoms with Gasteiger partial charge in [0.2, 0.25) is 0 Å². The highest BCUT2D eigenvalue weighted by molar-refractivity contribution is 7.87. The zero-order valence-electron chi connectivity index (χ0n) is 15.3. The van der Waals surface area contributed by atoms with E-state index in [4.69, 9.17) is 0 Å². The Balaban J connectivity index is 1.97. The fraction of sp³-hybridized carbons (Fsp3) is 0.158. The summed E-state index contributed by atoms with van der Waals surface area (Å²) >= 11 is 0. The highest BCUT2D eigenvalue weighted by atomic mass is 32.2.